The standard InChI is InChI=1S/C20H24N4O2/c1-13-5-4-6-16(20(13)26-3)12-23-8-7-15(11-23)17-10-18-21-14(2)9-19(25)24(18)22-17/h4-6,9-10,15,22H,7-8,11-12H2,1-3H3. The number of benzene rings is 1. The van der Waals surface area contributed by atoms with Crippen LogP contribution < -0.4 is 10.3 Å². The first-order valence-corrected chi connectivity index (χ1v) is 8.99. The molecule has 1 N–H and O–H groups in total. The van der Waals surface area contributed by atoms with E-state index in [1.807, 2.05) is 13.0 Å². The maximum Gasteiger partial charge on any atom is 0.272 e. The minimum Gasteiger partial charge on any atom is -0.496 e. The Balaban J connectivity index is 1.53. The zero-order chi connectivity index (χ0) is 18.3. The number of aromatic nitrogens is 3. The van der Waals surface area contributed by atoms with Crippen molar-refractivity contribution in [2.24, 2.45) is 0 Å². The molecule has 1 saturated heterocycles. The number of hydrogen-bond acceptors (Lipinski definition) is 4. The summed E-state index contributed by atoms with van der Waals surface area (Å²) in [5.74, 6) is 1.36. The van der Waals surface area contributed by atoms with Gasteiger partial charge in [0.05, 0.1) is 7.11 Å². The lowest BCUT2D eigenvalue weighted by Crippen LogP contribution is -2.20. The molecule has 1 aromatic carbocycles. The first-order chi connectivity index (χ1) is 12.5. The van der Waals surface area contributed by atoms with Crippen LogP contribution in [0.4, 0.5) is 0 Å². The molecule has 4 rings (SSSR count). The summed E-state index contributed by atoms with van der Waals surface area (Å²) >= 11 is 0. The fourth-order valence-electron chi connectivity index (χ4n) is 3.94. The van der Waals surface area contributed by atoms with Gasteiger partial charge in [0.2, 0.25) is 0 Å². The number of likely N-dealkylation sites (tertiary alicyclic amines) is 1. The van der Waals surface area contributed by atoms with Crippen LogP contribution in [0.3, 0.4) is 0 Å². The molecule has 1 aliphatic heterocycles. The minimum absolute atomic E-state index is 0.0573. The summed E-state index contributed by atoms with van der Waals surface area (Å²) in [6.07, 6.45) is 1.06. The second-order valence-electron chi connectivity index (χ2n) is 7.13. The summed E-state index contributed by atoms with van der Waals surface area (Å²) in [6.45, 7) is 6.78. The molecule has 0 bridgehead atoms. The number of aryl methyl sites for hydroxylation is 2. The average Bonchev–Trinajstić information content (AvgIpc) is 3.22. The van der Waals surface area contributed by atoms with Gasteiger partial charge in [-0.3, -0.25) is 14.8 Å². The van der Waals surface area contributed by atoms with Crippen LogP contribution in [0.5, 0.6) is 5.75 Å². The lowest BCUT2D eigenvalue weighted by molar-refractivity contribution is 0.316. The zero-order valence-corrected chi connectivity index (χ0v) is 15.5. The van der Waals surface area contributed by atoms with E-state index in [1.54, 1.807) is 13.2 Å². The highest BCUT2D eigenvalue weighted by Crippen LogP contribution is 2.30. The van der Waals surface area contributed by atoms with Gasteiger partial charge in [0.15, 0.2) is 5.65 Å². The fourth-order valence-corrected chi connectivity index (χ4v) is 3.94. The molecule has 3 heterocycles. The van der Waals surface area contributed by atoms with Crippen LogP contribution in [-0.4, -0.2) is 39.7 Å². The van der Waals surface area contributed by atoms with E-state index in [0.717, 1.165) is 48.8 Å². The molecule has 0 saturated carbocycles. The molecule has 3 aromatic rings. The van der Waals surface area contributed by atoms with Gasteiger partial charge in [-0.2, -0.15) is 0 Å². The average molecular weight is 352 g/mol. The molecule has 0 aliphatic carbocycles. The second kappa shape index (κ2) is 6.61. The molecule has 1 fully saturated rings. The van der Waals surface area contributed by atoms with E-state index in [9.17, 15) is 4.79 Å². The van der Waals surface area contributed by atoms with Crippen molar-refractivity contribution in [3.63, 3.8) is 0 Å². The van der Waals surface area contributed by atoms with E-state index >= 15 is 0 Å². The topological polar surface area (TPSA) is 62.6 Å². The largest absolute Gasteiger partial charge is 0.496 e. The monoisotopic (exact) mass is 352 g/mol. The van der Waals surface area contributed by atoms with Crippen molar-refractivity contribution in [3.8, 4) is 5.75 Å². The van der Waals surface area contributed by atoms with Crippen LogP contribution in [0.2, 0.25) is 0 Å². The summed E-state index contributed by atoms with van der Waals surface area (Å²) < 4.78 is 7.12. The molecule has 6 nitrogen and oxygen atoms in total. The third-order valence-corrected chi connectivity index (χ3v) is 5.20. The molecule has 6 heteroatoms. The number of nitrogens with zero attached hydrogens (tertiary/aromatic N) is 3. The molecule has 0 amide bonds. The van der Waals surface area contributed by atoms with Crippen molar-refractivity contribution in [2.75, 3.05) is 20.2 Å². The van der Waals surface area contributed by atoms with Gasteiger partial charge >= 0.3 is 0 Å². The Kier molecular flexibility index (Phi) is 4.28. The van der Waals surface area contributed by atoms with Gasteiger partial charge in [0, 0.05) is 48.1 Å². The molecule has 0 spiro atoms. The third-order valence-electron chi connectivity index (χ3n) is 5.20. The van der Waals surface area contributed by atoms with Gasteiger partial charge in [-0.25, -0.2) is 9.50 Å². The Hall–Kier alpha value is -2.60. The van der Waals surface area contributed by atoms with Gasteiger partial charge in [0.1, 0.15) is 5.75 Å². The number of H-pyrrole nitrogens is 1. The Morgan fingerprint density at radius 2 is 2.15 bits per heavy atom. The smallest absolute Gasteiger partial charge is 0.272 e. The van der Waals surface area contributed by atoms with Gasteiger partial charge in [-0.1, -0.05) is 18.2 Å². The van der Waals surface area contributed by atoms with Crippen LogP contribution in [0.1, 0.15) is 34.9 Å². The number of nitrogens with one attached hydrogen (secondary N) is 1. The van der Waals surface area contributed by atoms with E-state index < -0.39 is 0 Å². The van der Waals surface area contributed by atoms with Crippen molar-refractivity contribution in [3.05, 3.63) is 63.2 Å². The summed E-state index contributed by atoms with van der Waals surface area (Å²) in [7, 11) is 1.73. The number of aromatic amines is 1. The van der Waals surface area contributed by atoms with Crippen LogP contribution in [0.25, 0.3) is 5.65 Å². The quantitative estimate of drug-likeness (QED) is 0.784. The van der Waals surface area contributed by atoms with E-state index in [4.69, 9.17) is 4.74 Å². The molecular weight excluding hydrogens is 328 g/mol. The highest BCUT2D eigenvalue weighted by atomic mass is 16.5. The SMILES string of the molecule is COc1c(C)cccc1CN1CCC(c2cc3nc(C)cc(=O)n3[nH]2)C1. The fraction of sp³-hybridized carbons (Fsp3) is 0.400. The van der Waals surface area contributed by atoms with Crippen molar-refractivity contribution in [1.82, 2.24) is 19.5 Å². The summed E-state index contributed by atoms with van der Waals surface area (Å²) in [5, 5.41) is 3.24. The van der Waals surface area contributed by atoms with Crippen molar-refractivity contribution >= 4 is 5.65 Å². The van der Waals surface area contributed by atoms with Crippen LogP contribution >= 0.6 is 0 Å². The second-order valence-corrected chi connectivity index (χ2v) is 7.13. The Morgan fingerprint density at radius 1 is 1.31 bits per heavy atom. The number of rotatable bonds is 4. The van der Waals surface area contributed by atoms with Gasteiger partial charge in [-0.15, -0.1) is 0 Å². The zero-order valence-electron chi connectivity index (χ0n) is 15.5. The Labute approximate surface area is 152 Å². The number of para-hydroxylation sites is 1. The first kappa shape index (κ1) is 16.8. The normalized spacial score (nSPS) is 17.9. The molecule has 0 radical (unpaired) electrons. The number of ether oxygens (including phenoxy) is 1. The van der Waals surface area contributed by atoms with Crippen LogP contribution in [0, 0.1) is 13.8 Å². The molecule has 1 aliphatic rings. The molecule has 1 unspecified atom stereocenters. The molecular formula is C20H24N4O2. The van der Waals surface area contributed by atoms with E-state index in [-0.39, 0.29) is 5.56 Å². The Bertz CT molecular complexity index is 1000. The molecule has 1 atom stereocenters. The van der Waals surface area contributed by atoms with Crippen LogP contribution in [0.15, 0.2) is 35.1 Å². The van der Waals surface area contributed by atoms with E-state index in [2.05, 4.69) is 40.1 Å². The predicted octanol–water partition coefficient (Wildman–Crippen LogP) is 2.64. The number of hydrogen-bond donors (Lipinski definition) is 1. The number of methoxy groups -OCH3 is 1. The van der Waals surface area contributed by atoms with Crippen molar-refractivity contribution in [2.45, 2.75) is 32.7 Å². The third kappa shape index (κ3) is 3.01. The maximum atomic E-state index is 12.1. The summed E-state index contributed by atoms with van der Waals surface area (Å²) in [4.78, 5) is 19.0. The lowest BCUT2D eigenvalue weighted by Gasteiger charge is -2.18. The first-order valence-electron chi connectivity index (χ1n) is 8.99. The summed E-state index contributed by atoms with van der Waals surface area (Å²) in [6, 6.07) is 9.85. The van der Waals surface area contributed by atoms with E-state index in [1.165, 1.54) is 10.1 Å². The van der Waals surface area contributed by atoms with Crippen molar-refractivity contribution in [1.29, 1.82) is 0 Å². The molecule has 2 aromatic heterocycles. The molecule has 136 valence electrons. The van der Waals surface area contributed by atoms with Crippen molar-refractivity contribution < 1.29 is 4.74 Å². The van der Waals surface area contributed by atoms with Crippen LogP contribution in [-0.2, 0) is 6.54 Å². The lowest BCUT2D eigenvalue weighted by atomic mass is 10.1. The molecule has 26 heavy (non-hydrogen) atoms. The van der Waals surface area contributed by atoms with Gasteiger partial charge in [-0.05, 0) is 32.4 Å². The highest BCUT2D eigenvalue weighted by Gasteiger charge is 2.26. The van der Waals surface area contributed by atoms with Gasteiger partial charge < -0.3 is 4.74 Å². The van der Waals surface area contributed by atoms with E-state index in [0.29, 0.717) is 11.6 Å². The van der Waals surface area contributed by atoms with Gasteiger partial charge in [0.25, 0.3) is 5.56 Å². The predicted molar refractivity (Wildman–Crippen MR) is 101 cm³/mol. The number of fused-ring (bicyclic) bond motifs is 1. The Morgan fingerprint density at radius 3 is 2.96 bits per heavy atom. The highest BCUT2D eigenvalue weighted by molar-refractivity contribution is 5.42. The maximum absolute atomic E-state index is 12.1. The summed E-state index contributed by atoms with van der Waals surface area (Å²) in [5.41, 5.74) is 4.86. The minimum atomic E-state index is -0.0573.